The van der Waals surface area contributed by atoms with Gasteiger partial charge in [-0.15, -0.1) is 0 Å². The summed E-state index contributed by atoms with van der Waals surface area (Å²) >= 11 is 0. The van der Waals surface area contributed by atoms with Crippen molar-refractivity contribution in [1.82, 2.24) is 4.98 Å². The molecule has 0 bridgehead atoms. The van der Waals surface area contributed by atoms with Crippen LogP contribution in [0.3, 0.4) is 0 Å². The highest BCUT2D eigenvalue weighted by molar-refractivity contribution is 5.99. The number of nitrogens with two attached hydrogens (primary N) is 2. The lowest BCUT2D eigenvalue weighted by atomic mass is 10.1. The molecule has 0 saturated carbocycles. The number of nitrogens with zero attached hydrogens (tertiary/aromatic N) is 2. The lowest BCUT2D eigenvalue weighted by Crippen LogP contribution is -2.23. The van der Waals surface area contributed by atoms with Crippen molar-refractivity contribution < 1.29 is 4.79 Å². The number of hydrogen-bond donors (Lipinski definition) is 2. The third-order valence-electron chi connectivity index (χ3n) is 3.07. The summed E-state index contributed by atoms with van der Waals surface area (Å²) in [5, 5.41) is 0. The van der Waals surface area contributed by atoms with Gasteiger partial charge in [0.05, 0.1) is 17.4 Å². The van der Waals surface area contributed by atoms with Crippen LogP contribution in [0.25, 0.3) is 0 Å². The second-order valence-electron chi connectivity index (χ2n) is 4.58. The van der Waals surface area contributed by atoms with Crippen molar-refractivity contribution in [2.45, 2.75) is 13.8 Å². The SMILES string of the molecule is CCN(c1ccc(C)cc1)c1ncc(N)cc1C(N)=O. The Morgan fingerprint density at radius 1 is 1.30 bits per heavy atom. The van der Waals surface area contributed by atoms with E-state index in [0.29, 0.717) is 23.6 Å². The number of carbonyl (C=O) groups is 1. The highest BCUT2D eigenvalue weighted by Gasteiger charge is 2.17. The number of nitrogen functional groups attached to an aromatic ring is 1. The molecule has 0 aliphatic carbocycles. The van der Waals surface area contributed by atoms with Crippen LogP contribution in [0.4, 0.5) is 17.2 Å². The van der Waals surface area contributed by atoms with Crippen LogP contribution in [0.15, 0.2) is 36.5 Å². The molecule has 0 radical (unpaired) electrons. The zero-order valence-electron chi connectivity index (χ0n) is 11.6. The zero-order chi connectivity index (χ0) is 14.7. The van der Waals surface area contributed by atoms with Crippen LogP contribution in [0.1, 0.15) is 22.8 Å². The van der Waals surface area contributed by atoms with Gasteiger partial charge >= 0.3 is 0 Å². The first-order valence-corrected chi connectivity index (χ1v) is 6.42. The molecule has 0 aliphatic rings. The monoisotopic (exact) mass is 270 g/mol. The average Bonchev–Trinajstić information content (AvgIpc) is 2.43. The maximum absolute atomic E-state index is 11.6. The van der Waals surface area contributed by atoms with E-state index in [1.54, 1.807) is 6.07 Å². The molecule has 0 fully saturated rings. The number of carbonyl (C=O) groups excluding carboxylic acids is 1. The fourth-order valence-electron chi connectivity index (χ4n) is 2.05. The van der Waals surface area contributed by atoms with Crippen molar-refractivity contribution in [3.05, 3.63) is 47.7 Å². The summed E-state index contributed by atoms with van der Waals surface area (Å²) in [6.45, 7) is 4.68. The number of amides is 1. The van der Waals surface area contributed by atoms with E-state index in [1.807, 2.05) is 43.0 Å². The van der Waals surface area contributed by atoms with Gasteiger partial charge in [0, 0.05) is 12.2 Å². The van der Waals surface area contributed by atoms with E-state index in [1.165, 1.54) is 11.8 Å². The molecule has 0 atom stereocenters. The van der Waals surface area contributed by atoms with E-state index in [9.17, 15) is 4.79 Å². The first-order valence-electron chi connectivity index (χ1n) is 6.42. The van der Waals surface area contributed by atoms with Gasteiger partial charge in [0.15, 0.2) is 0 Å². The minimum absolute atomic E-state index is 0.326. The third kappa shape index (κ3) is 2.71. The van der Waals surface area contributed by atoms with E-state index in [-0.39, 0.29) is 0 Å². The van der Waals surface area contributed by atoms with Crippen LogP contribution in [-0.2, 0) is 0 Å². The molecule has 1 amide bonds. The lowest BCUT2D eigenvalue weighted by Gasteiger charge is -2.24. The first kappa shape index (κ1) is 13.9. The second-order valence-corrected chi connectivity index (χ2v) is 4.58. The van der Waals surface area contributed by atoms with Gasteiger partial charge in [-0.1, -0.05) is 17.7 Å². The number of primary amides is 1. The number of benzene rings is 1. The predicted molar refractivity (Wildman–Crippen MR) is 81.0 cm³/mol. The van der Waals surface area contributed by atoms with Crippen LogP contribution in [0.5, 0.6) is 0 Å². The van der Waals surface area contributed by atoms with Gasteiger partial charge in [-0.05, 0) is 32.0 Å². The first-order chi connectivity index (χ1) is 9.52. The van der Waals surface area contributed by atoms with Crippen LogP contribution in [0.2, 0.25) is 0 Å². The minimum Gasteiger partial charge on any atom is -0.397 e. The van der Waals surface area contributed by atoms with Gasteiger partial charge in [0.2, 0.25) is 0 Å². The summed E-state index contributed by atoms with van der Waals surface area (Å²) in [5.74, 6) is -0.0107. The van der Waals surface area contributed by atoms with Crippen LogP contribution >= 0.6 is 0 Å². The molecule has 4 N–H and O–H groups in total. The van der Waals surface area contributed by atoms with Crippen molar-refractivity contribution >= 4 is 23.1 Å². The van der Waals surface area contributed by atoms with Crippen LogP contribution < -0.4 is 16.4 Å². The number of anilines is 3. The largest absolute Gasteiger partial charge is 0.397 e. The van der Waals surface area contributed by atoms with Crippen molar-refractivity contribution in [1.29, 1.82) is 0 Å². The van der Waals surface area contributed by atoms with Crippen molar-refractivity contribution in [2.75, 3.05) is 17.2 Å². The molecule has 0 spiro atoms. The quantitative estimate of drug-likeness (QED) is 0.892. The van der Waals surface area contributed by atoms with Crippen molar-refractivity contribution in [2.24, 2.45) is 5.73 Å². The molecule has 0 aliphatic heterocycles. The summed E-state index contributed by atoms with van der Waals surface area (Å²) in [7, 11) is 0. The third-order valence-corrected chi connectivity index (χ3v) is 3.07. The molecule has 5 heteroatoms. The zero-order valence-corrected chi connectivity index (χ0v) is 11.6. The van der Waals surface area contributed by atoms with Crippen molar-refractivity contribution in [3.8, 4) is 0 Å². The van der Waals surface area contributed by atoms with E-state index in [2.05, 4.69) is 4.98 Å². The van der Waals surface area contributed by atoms with Gasteiger partial charge < -0.3 is 16.4 Å². The molecule has 1 heterocycles. The Labute approximate surface area is 118 Å². The fourth-order valence-corrected chi connectivity index (χ4v) is 2.05. The highest BCUT2D eigenvalue weighted by atomic mass is 16.1. The minimum atomic E-state index is -0.537. The van der Waals surface area contributed by atoms with E-state index >= 15 is 0 Å². The summed E-state index contributed by atoms with van der Waals surface area (Å²) < 4.78 is 0. The Kier molecular flexibility index (Phi) is 3.89. The molecular weight excluding hydrogens is 252 g/mol. The Bertz CT molecular complexity index is 622. The van der Waals surface area contributed by atoms with Gasteiger partial charge in [-0.2, -0.15) is 0 Å². The molecule has 2 rings (SSSR count). The number of aromatic nitrogens is 1. The molecule has 2 aromatic rings. The Balaban J connectivity index is 2.51. The smallest absolute Gasteiger partial charge is 0.252 e. The molecule has 104 valence electrons. The number of aryl methyl sites for hydroxylation is 1. The predicted octanol–water partition coefficient (Wildman–Crippen LogP) is 2.23. The van der Waals surface area contributed by atoms with Crippen molar-refractivity contribution in [3.63, 3.8) is 0 Å². The molecule has 5 nitrogen and oxygen atoms in total. The fraction of sp³-hybridized carbons (Fsp3) is 0.200. The van der Waals surface area contributed by atoms with Crippen LogP contribution in [-0.4, -0.2) is 17.4 Å². The number of pyridine rings is 1. The Morgan fingerprint density at radius 2 is 1.95 bits per heavy atom. The molecule has 1 aromatic heterocycles. The molecular formula is C15H18N4O. The maximum Gasteiger partial charge on any atom is 0.252 e. The van der Waals surface area contributed by atoms with Gasteiger partial charge in [0.25, 0.3) is 5.91 Å². The normalized spacial score (nSPS) is 10.3. The summed E-state index contributed by atoms with van der Waals surface area (Å²) in [5.41, 5.74) is 14.0. The Hall–Kier alpha value is -2.56. The summed E-state index contributed by atoms with van der Waals surface area (Å²) in [4.78, 5) is 17.8. The Morgan fingerprint density at radius 3 is 2.50 bits per heavy atom. The molecule has 1 aromatic carbocycles. The average molecular weight is 270 g/mol. The number of rotatable bonds is 4. The number of hydrogen-bond acceptors (Lipinski definition) is 4. The molecule has 0 saturated heterocycles. The standard InChI is InChI=1S/C15H18N4O/c1-3-19(12-6-4-10(2)5-7-12)15-13(14(17)20)8-11(16)9-18-15/h4-9H,3,16H2,1-2H3,(H2,17,20). The van der Waals surface area contributed by atoms with E-state index in [0.717, 1.165) is 5.69 Å². The van der Waals surface area contributed by atoms with E-state index < -0.39 is 5.91 Å². The molecule has 0 unspecified atom stereocenters. The summed E-state index contributed by atoms with van der Waals surface area (Å²) in [6.07, 6.45) is 1.53. The van der Waals surface area contributed by atoms with Gasteiger partial charge in [-0.3, -0.25) is 4.79 Å². The lowest BCUT2D eigenvalue weighted by molar-refractivity contribution is 0.100. The van der Waals surface area contributed by atoms with Gasteiger partial charge in [0.1, 0.15) is 5.82 Å². The summed E-state index contributed by atoms with van der Waals surface area (Å²) in [6, 6.07) is 9.56. The topological polar surface area (TPSA) is 85.2 Å². The van der Waals surface area contributed by atoms with E-state index in [4.69, 9.17) is 11.5 Å². The molecule has 20 heavy (non-hydrogen) atoms. The van der Waals surface area contributed by atoms with Crippen LogP contribution in [0, 0.1) is 6.92 Å². The maximum atomic E-state index is 11.6. The van der Waals surface area contributed by atoms with Gasteiger partial charge in [-0.25, -0.2) is 4.98 Å². The highest BCUT2D eigenvalue weighted by Crippen LogP contribution is 2.27. The second kappa shape index (κ2) is 5.61.